The first-order chi connectivity index (χ1) is 10.7. The van der Waals surface area contributed by atoms with Gasteiger partial charge in [-0.2, -0.15) is 5.26 Å². The maximum absolute atomic E-state index is 9.69. The summed E-state index contributed by atoms with van der Waals surface area (Å²) in [6.45, 7) is 4.22. The Labute approximate surface area is 135 Å². The molecule has 0 aromatic heterocycles. The Balaban J connectivity index is 1.86. The molecule has 2 atom stereocenters. The molecule has 0 amide bonds. The average Bonchev–Trinajstić information content (AvgIpc) is 2.55. The highest BCUT2D eigenvalue weighted by atomic mass is 35.5. The van der Waals surface area contributed by atoms with Crippen LogP contribution in [0.5, 0.6) is 0 Å². The van der Waals surface area contributed by atoms with Crippen LogP contribution in [-0.2, 0) is 0 Å². The first-order valence-corrected chi connectivity index (χ1v) is 8.25. The predicted molar refractivity (Wildman–Crippen MR) is 88.0 cm³/mol. The number of hydrogen-bond acceptors (Lipinski definition) is 3. The third-order valence-corrected chi connectivity index (χ3v) is 5.56. The van der Waals surface area contributed by atoms with E-state index in [9.17, 15) is 5.26 Å². The van der Waals surface area contributed by atoms with Crippen LogP contribution in [0.15, 0.2) is 40.5 Å². The van der Waals surface area contributed by atoms with E-state index in [0.29, 0.717) is 5.92 Å². The van der Waals surface area contributed by atoms with Crippen LogP contribution in [0, 0.1) is 17.2 Å². The van der Waals surface area contributed by atoms with Crippen LogP contribution in [0.4, 0.5) is 0 Å². The van der Waals surface area contributed by atoms with Gasteiger partial charge in [0.15, 0.2) is 0 Å². The zero-order valence-corrected chi connectivity index (χ0v) is 13.3. The summed E-state index contributed by atoms with van der Waals surface area (Å²) in [4.78, 5) is 7.35. The highest BCUT2D eigenvalue weighted by Gasteiger charge is 2.46. The zero-order valence-electron chi connectivity index (χ0n) is 12.6. The number of allylic oxidation sites excluding steroid dienone is 1. The minimum absolute atomic E-state index is 0.0952. The molecule has 4 heterocycles. The predicted octanol–water partition coefficient (Wildman–Crippen LogP) is 3.77. The molecule has 4 aliphatic heterocycles. The van der Waals surface area contributed by atoms with Gasteiger partial charge in [0.1, 0.15) is 0 Å². The number of nitriles is 1. The lowest BCUT2D eigenvalue weighted by Crippen LogP contribution is -2.58. The van der Waals surface area contributed by atoms with E-state index >= 15 is 0 Å². The van der Waals surface area contributed by atoms with Gasteiger partial charge in [-0.25, -0.2) is 0 Å². The van der Waals surface area contributed by atoms with Crippen molar-refractivity contribution in [2.45, 2.75) is 31.7 Å². The molecule has 22 heavy (non-hydrogen) atoms. The highest BCUT2D eigenvalue weighted by Crippen LogP contribution is 2.44. The lowest BCUT2D eigenvalue weighted by atomic mass is 9.70. The number of aliphatic imine (C=N–C) groups is 1. The summed E-state index contributed by atoms with van der Waals surface area (Å²) in [6.07, 6.45) is 2.41. The Kier molecular flexibility index (Phi) is 3.32. The lowest BCUT2D eigenvalue weighted by molar-refractivity contribution is 0.134. The number of benzene rings is 1. The van der Waals surface area contributed by atoms with Crippen molar-refractivity contribution in [3.8, 4) is 6.07 Å². The van der Waals surface area contributed by atoms with Gasteiger partial charge in [-0.15, -0.1) is 0 Å². The molecule has 1 aromatic carbocycles. The molecular weight excluding hydrogens is 294 g/mol. The molecule has 4 heteroatoms. The van der Waals surface area contributed by atoms with Gasteiger partial charge >= 0.3 is 0 Å². The van der Waals surface area contributed by atoms with Gasteiger partial charge in [0.05, 0.1) is 23.4 Å². The molecule has 0 saturated carbocycles. The minimum Gasteiger partial charge on any atom is -0.294 e. The van der Waals surface area contributed by atoms with Crippen LogP contribution in [0.3, 0.4) is 0 Å². The van der Waals surface area contributed by atoms with Crippen molar-refractivity contribution in [2.75, 3.05) is 13.1 Å². The SMILES string of the molecule is CC1=C(C#N)C(c2ccc(Cl)cc2)C2C(=N1)C1CCN2CC1. The van der Waals surface area contributed by atoms with Crippen LogP contribution >= 0.6 is 11.6 Å². The molecule has 2 unspecified atom stereocenters. The summed E-state index contributed by atoms with van der Waals surface area (Å²) in [5.74, 6) is 0.692. The quantitative estimate of drug-likeness (QED) is 0.792. The Bertz CT molecular complexity index is 703. The zero-order chi connectivity index (χ0) is 15.3. The van der Waals surface area contributed by atoms with Gasteiger partial charge < -0.3 is 0 Å². The second-order valence-electron chi connectivity index (χ2n) is 6.43. The largest absolute Gasteiger partial charge is 0.294 e. The first kappa shape index (κ1) is 14.0. The van der Waals surface area contributed by atoms with E-state index in [0.717, 1.165) is 29.4 Å². The molecule has 3 fully saturated rings. The molecule has 0 spiro atoms. The van der Waals surface area contributed by atoms with Gasteiger partial charge in [0.2, 0.25) is 0 Å². The Morgan fingerprint density at radius 3 is 2.55 bits per heavy atom. The summed E-state index contributed by atoms with van der Waals surface area (Å²) in [5, 5.41) is 10.4. The summed E-state index contributed by atoms with van der Waals surface area (Å²) >= 11 is 6.04. The fourth-order valence-electron chi connectivity index (χ4n) is 4.25. The van der Waals surface area contributed by atoms with Gasteiger partial charge in [-0.3, -0.25) is 9.89 Å². The van der Waals surface area contributed by atoms with E-state index in [1.807, 2.05) is 19.1 Å². The molecule has 3 saturated heterocycles. The number of nitrogens with zero attached hydrogens (tertiary/aromatic N) is 3. The smallest absolute Gasteiger partial charge is 0.0973 e. The van der Waals surface area contributed by atoms with E-state index in [2.05, 4.69) is 23.1 Å². The van der Waals surface area contributed by atoms with E-state index in [1.54, 1.807) is 0 Å². The number of fused-ring (bicyclic) bond motifs is 2. The molecule has 2 bridgehead atoms. The summed E-state index contributed by atoms with van der Waals surface area (Å²) in [6, 6.07) is 10.6. The second kappa shape index (κ2) is 5.22. The third kappa shape index (κ3) is 2.02. The van der Waals surface area contributed by atoms with Crippen LogP contribution < -0.4 is 0 Å². The monoisotopic (exact) mass is 311 g/mol. The Morgan fingerprint density at radius 1 is 1.23 bits per heavy atom. The van der Waals surface area contributed by atoms with Crippen molar-refractivity contribution in [2.24, 2.45) is 10.9 Å². The normalized spacial score (nSPS) is 33.2. The van der Waals surface area contributed by atoms with Gasteiger partial charge in [-0.05, 0) is 50.6 Å². The third-order valence-electron chi connectivity index (χ3n) is 5.31. The maximum atomic E-state index is 9.69. The summed E-state index contributed by atoms with van der Waals surface area (Å²) < 4.78 is 0. The van der Waals surface area contributed by atoms with Crippen molar-refractivity contribution in [3.05, 3.63) is 46.1 Å². The van der Waals surface area contributed by atoms with Gasteiger partial charge in [0.25, 0.3) is 0 Å². The van der Waals surface area contributed by atoms with Crippen LogP contribution in [0.2, 0.25) is 5.02 Å². The average molecular weight is 312 g/mol. The van der Waals surface area contributed by atoms with Crippen LogP contribution in [0.25, 0.3) is 0 Å². The second-order valence-corrected chi connectivity index (χ2v) is 6.87. The Hall–Kier alpha value is -1.63. The Morgan fingerprint density at radius 2 is 1.91 bits per heavy atom. The highest BCUT2D eigenvalue weighted by molar-refractivity contribution is 6.30. The molecule has 5 rings (SSSR count). The maximum Gasteiger partial charge on any atom is 0.0973 e. The topological polar surface area (TPSA) is 39.4 Å². The fourth-order valence-corrected chi connectivity index (χ4v) is 4.37. The number of halogens is 1. The molecule has 1 aromatic rings. The van der Waals surface area contributed by atoms with Crippen molar-refractivity contribution < 1.29 is 0 Å². The van der Waals surface area contributed by atoms with E-state index in [4.69, 9.17) is 16.6 Å². The van der Waals surface area contributed by atoms with Crippen molar-refractivity contribution >= 4 is 17.3 Å². The van der Waals surface area contributed by atoms with E-state index < -0.39 is 0 Å². The number of hydrogen-bond donors (Lipinski definition) is 0. The molecule has 0 N–H and O–H groups in total. The van der Waals surface area contributed by atoms with E-state index in [-0.39, 0.29) is 12.0 Å². The molecule has 3 nitrogen and oxygen atoms in total. The summed E-state index contributed by atoms with van der Waals surface area (Å²) in [7, 11) is 0. The van der Waals surface area contributed by atoms with Crippen LogP contribution in [-0.4, -0.2) is 29.7 Å². The lowest BCUT2D eigenvalue weighted by Gasteiger charge is -2.50. The van der Waals surface area contributed by atoms with Crippen molar-refractivity contribution in [1.82, 2.24) is 4.90 Å². The molecule has 112 valence electrons. The minimum atomic E-state index is 0.0952. The number of rotatable bonds is 1. The molecular formula is C18H18ClN3. The molecule has 4 aliphatic rings. The summed E-state index contributed by atoms with van der Waals surface area (Å²) in [5.41, 5.74) is 4.17. The standard InChI is InChI=1S/C18H18ClN3/c1-11-15(10-20)16(12-2-4-14(19)5-3-12)18-17(21-11)13-6-8-22(18)9-7-13/h2-5,13,16,18H,6-9H2,1H3. The van der Waals surface area contributed by atoms with Gasteiger partial charge in [0, 0.05) is 22.6 Å². The van der Waals surface area contributed by atoms with Gasteiger partial charge in [-0.1, -0.05) is 23.7 Å². The van der Waals surface area contributed by atoms with Crippen molar-refractivity contribution in [1.29, 1.82) is 5.26 Å². The van der Waals surface area contributed by atoms with Crippen LogP contribution in [0.1, 0.15) is 31.2 Å². The van der Waals surface area contributed by atoms with Crippen molar-refractivity contribution in [3.63, 3.8) is 0 Å². The first-order valence-electron chi connectivity index (χ1n) is 7.88. The molecule has 0 aliphatic carbocycles. The number of piperidine rings is 3. The van der Waals surface area contributed by atoms with E-state index in [1.165, 1.54) is 24.1 Å². The molecule has 0 radical (unpaired) electrons. The fraction of sp³-hybridized carbons (Fsp3) is 0.444.